The maximum Gasteiger partial charge on any atom is 0.319 e. The largest absolute Gasteiger partial charge is 0.465 e. The van der Waals surface area contributed by atoms with Gasteiger partial charge in [-0.25, -0.2) is 4.98 Å². The molecule has 0 spiro atoms. The summed E-state index contributed by atoms with van der Waals surface area (Å²) in [6.07, 6.45) is 6.47. The fraction of sp³-hybridized carbons (Fsp3) is 0.667. The fourth-order valence-corrected chi connectivity index (χ4v) is 1.41. The highest BCUT2D eigenvalue weighted by molar-refractivity contribution is 5.71. The lowest BCUT2D eigenvalue weighted by Crippen LogP contribution is -2.27. The van der Waals surface area contributed by atoms with E-state index in [-0.39, 0.29) is 12.5 Å². The maximum absolute atomic E-state index is 11.2. The van der Waals surface area contributed by atoms with Gasteiger partial charge >= 0.3 is 5.97 Å². The molecule has 1 aromatic rings. The summed E-state index contributed by atoms with van der Waals surface area (Å²) in [5.74, 6) is 0.829. The van der Waals surface area contributed by atoms with Crippen LogP contribution in [-0.4, -0.2) is 35.2 Å². The van der Waals surface area contributed by atoms with Crippen molar-refractivity contribution in [1.82, 2.24) is 14.9 Å². The van der Waals surface area contributed by atoms with Crippen molar-refractivity contribution < 1.29 is 9.53 Å². The molecular formula is C12H21N3O2. The van der Waals surface area contributed by atoms with E-state index in [1.54, 1.807) is 6.20 Å². The standard InChI is InChI=1S/C12H21N3O2/c1-3-4-9-17-12(16)10-13-6-5-11-14-7-8-15(11)2/h7-8,13H,3-6,9-10H2,1-2H3. The van der Waals surface area contributed by atoms with Crippen LogP contribution in [0.3, 0.4) is 0 Å². The molecule has 1 rings (SSSR count). The van der Waals surface area contributed by atoms with Crippen molar-refractivity contribution in [2.24, 2.45) is 7.05 Å². The first-order valence-corrected chi connectivity index (χ1v) is 6.06. The van der Waals surface area contributed by atoms with E-state index in [0.717, 1.165) is 31.6 Å². The monoisotopic (exact) mass is 239 g/mol. The number of nitrogens with one attached hydrogen (secondary N) is 1. The van der Waals surface area contributed by atoms with Gasteiger partial charge in [-0.1, -0.05) is 13.3 Å². The predicted octanol–water partition coefficient (Wildman–Crippen LogP) is 0.895. The molecule has 1 heterocycles. The van der Waals surface area contributed by atoms with Crippen LogP contribution in [0.2, 0.25) is 0 Å². The van der Waals surface area contributed by atoms with Crippen molar-refractivity contribution in [3.8, 4) is 0 Å². The molecule has 0 bridgehead atoms. The van der Waals surface area contributed by atoms with Crippen molar-refractivity contribution in [2.45, 2.75) is 26.2 Å². The second-order valence-corrected chi connectivity index (χ2v) is 3.96. The molecule has 0 aliphatic rings. The Morgan fingerprint density at radius 3 is 3.06 bits per heavy atom. The van der Waals surface area contributed by atoms with Gasteiger partial charge < -0.3 is 14.6 Å². The van der Waals surface area contributed by atoms with Gasteiger partial charge in [0.25, 0.3) is 0 Å². The SMILES string of the molecule is CCCCOC(=O)CNCCc1nccn1C. The summed E-state index contributed by atoms with van der Waals surface area (Å²) in [6.45, 7) is 3.59. The number of unbranched alkanes of at least 4 members (excludes halogenated alkanes) is 1. The molecule has 1 N–H and O–H groups in total. The van der Waals surface area contributed by atoms with Gasteiger partial charge in [-0.05, 0) is 6.42 Å². The van der Waals surface area contributed by atoms with Crippen LogP contribution < -0.4 is 5.32 Å². The Morgan fingerprint density at radius 1 is 1.59 bits per heavy atom. The first-order chi connectivity index (χ1) is 8.24. The van der Waals surface area contributed by atoms with Gasteiger partial charge in [-0.3, -0.25) is 4.79 Å². The molecule has 0 saturated carbocycles. The third-order valence-electron chi connectivity index (χ3n) is 2.48. The molecule has 0 saturated heterocycles. The molecule has 0 fully saturated rings. The Kier molecular flexibility index (Phi) is 6.32. The molecule has 0 unspecified atom stereocenters. The minimum atomic E-state index is -0.182. The Balaban J connectivity index is 2.04. The Labute approximate surface area is 102 Å². The number of aromatic nitrogens is 2. The second-order valence-electron chi connectivity index (χ2n) is 3.96. The number of aryl methyl sites for hydroxylation is 1. The lowest BCUT2D eigenvalue weighted by Gasteiger charge is -2.05. The van der Waals surface area contributed by atoms with Crippen molar-refractivity contribution in [3.05, 3.63) is 18.2 Å². The first-order valence-electron chi connectivity index (χ1n) is 6.06. The fourth-order valence-electron chi connectivity index (χ4n) is 1.41. The van der Waals surface area contributed by atoms with Crippen molar-refractivity contribution in [3.63, 3.8) is 0 Å². The Hall–Kier alpha value is -1.36. The van der Waals surface area contributed by atoms with Crippen LogP contribution in [0.5, 0.6) is 0 Å². The molecule has 0 aliphatic heterocycles. The minimum absolute atomic E-state index is 0.182. The van der Waals surface area contributed by atoms with Crippen LogP contribution in [0.4, 0.5) is 0 Å². The van der Waals surface area contributed by atoms with E-state index in [2.05, 4.69) is 17.2 Å². The second kappa shape index (κ2) is 7.84. The molecule has 5 nitrogen and oxygen atoms in total. The summed E-state index contributed by atoms with van der Waals surface area (Å²) in [5.41, 5.74) is 0. The minimum Gasteiger partial charge on any atom is -0.465 e. The van der Waals surface area contributed by atoms with Crippen LogP contribution in [0.25, 0.3) is 0 Å². The van der Waals surface area contributed by atoms with E-state index in [1.165, 1.54) is 0 Å². The van der Waals surface area contributed by atoms with Gasteiger partial charge in [0.15, 0.2) is 0 Å². The number of hydrogen-bond donors (Lipinski definition) is 1. The summed E-state index contributed by atoms with van der Waals surface area (Å²) in [5, 5.41) is 3.05. The highest BCUT2D eigenvalue weighted by Crippen LogP contribution is 1.94. The number of hydrogen-bond acceptors (Lipinski definition) is 4. The van der Waals surface area contributed by atoms with Crippen LogP contribution in [0.1, 0.15) is 25.6 Å². The summed E-state index contributed by atoms with van der Waals surface area (Å²) in [4.78, 5) is 15.4. The smallest absolute Gasteiger partial charge is 0.319 e. The van der Waals surface area contributed by atoms with Gasteiger partial charge in [0.2, 0.25) is 0 Å². The predicted molar refractivity (Wildman–Crippen MR) is 65.6 cm³/mol. The number of rotatable bonds is 8. The molecule has 5 heteroatoms. The van der Waals surface area contributed by atoms with E-state index >= 15 is 0 Å². The average Bonchev–Trinajstić information content (AvgIpc) is 2.71. The Morgan fingerprint density at radius 2 is 2.41 bits per heavy atom. The zero-order valence-corrected chi connectivity index (χ0v) is 10.6. The van der Waals surface area contributed by atoms with Crippen LogP contribution in [0.15, 0.2) is 12.4 Å². The third-order valence-corrected chi connectivity index (χ3v) is 2.48. The lowest BCUT2D eigenvalue weighted by atomic mass is 10.4. The lowest BCUT2D eigenvalue weighted by molar-refractivity contribution is -0.142. The summed E-state index contributed by atoms with van der Waals surface area (Å²) < 4.78 is 6.99. The first kappa shape index (κ1) is 13.7. The van der Waals surface area contributed by atoms with Crippen molar-refractivity contribution in [1.29, 1.82) is 0 Å². The quantitative estimate of drug-likeness (QED) is 0.541. The van der Waals surface area contributed by atoms with Crippen molar-refractivity contribution >= 4 is 5.97 Å². The molecule has 0 aliphatic carbocycles. The van der Waals surface area contributed by atoms with E-state index in [0.29, 0.717) is 6.61 Å². The summed E-state index contributed by atoms with van der Waals surface area (Å²) in [7, 11) is 1.96. The van der Waals surface area contributed by atoms with E-state index in [4.69, 9.17) is 4.74 Å². The highest BCUT2D eigenvalue weighted by atomic mass is 16.5. The highest BCUT2D eigenvalue weighted by Gasteiger charge is 2.02. The van der Waals surface area contributed by atoms with E-state index in [1.807, 2.05) is 17.8 Å². The van der Waals surface area contributed by atoms with Gasteiger partial charge in [0.05, 0.1) is 13.2 Å². The topological polar surface area (TPSA) is 56.1 Å². The number of imidazole rings is 1. The van der Waals surface area contributed by atoms with E-state index < -0.39 is 0 Å². The maximum atomic E-state index is 11.2. The van der Waals surface area contributed by atoms with Crippen LogP contribution in [0, 0.1) is 0 Å². The van der Waals surface area contributed by atoms with Gasteiger partial charge in [-0.2, -0.15) is 0 Å². The van der Waals surface area contributed by atoms with Gasteiger partial charge in [0, 0.05) is 32.4 Å². The van der Waals surface area contributed by atoms with Gasteiger partial charge in [-0.15, -0.1) is 0 Å². The molecule has 17 heavy (non-hydrogen) atoms. The van der Waals surface area contributed by atoms with Crippen molar-refractivity contribution in [2.75, 3.05) is 19.7 Å². The molecule has 0 amide bonds. The number of ether oxygens (including phenoxy) is 1. The number of carbonyl (C=O) groups excluding carboxylic acids is 1. The summed E-state index contributed by atoms with van der Waals surface area (Å²) in [6, 6.07) is 0. The molecule has 0 atom stereocenters. The van der Waals surface area contributed by atoms with Gasteiger partial charge in [0.1, 0.15) is 5.82 Å². The average molecular weight is 239 g/mol. The number of nitrogens with zero attached hydrogens (tertiary/aromatic N) is 2. The zero-order valence-electron chi connectivity index (χ0n) is 10.6. The van der Waals surface area contributed by atoms with E-state index in [9.17, 15) is 4.79 Å². The molecule has 1 aromatic heterocycles. The normalized spacial score (nSPS) is 10.5. The Bertz CT molecular complexity index is 336. The summed E-state index contributed by atoms with van der Waals surface area (Å²) >= 11 is 0. The third kappa shape index (κ3) is 5.49. The molecule has 0 aromatic carbocycles. The number of esters is 1. The van der Waals surface area contributed by atoms with Crippen LogP contribution in [-0.2, 0) is 23.0 Å². The molecule has 96 valence electrons. The zero-order chi connectivity index (χ0) is 12.5. The number of carbonyl (C=O) groups is 1. The van der Waals surface area contributed by atoms with Crippen LogP contribution >= 0.6 is 0 Å². The molecular weight excluding hydrogens is 218 g/mol. The molecule has 0 radical (unpaired) electrons.